The van der Waals surface area contributed by atoms with E-state index in [-0.39, 0.29) is 13.2 Å². The molecule has 1 aromatic rings. The van der Waals surface area contributed by atoms with Crippen LogP contribution in [0.3, 0.4) is 0 Å². The molecule has 4 rings (SSSR count). The summed E-state index contributed by atoms with van der Waals surface area (Å²) < 4.78 is 30.1. The van der Waals surface area contributed by atoms with E-state index in [4.69, 9.17) is 26.7 Å². The summed E-state index contributed by atoms with van der Waals surface area (Å²) in [6.07, 6.45) is 0.365. The second-order valence-electron chi connectivity index (χ2n) is 11.2. The lowest BCUT2D eigenvalue weighted by Crippen LogP contribution is -2.62. The lowest BCUT2D eigenvalue weighted by atomic mass is 9.96. The molecule has 1 saturated carbocycles. The van der Waals surface area contributed by atoms with E-state index in [9.17, 15) is 19.7 Å². The number of aliphatic hydroxyl groups is 2. The molecule has 3 aliphatic rings. The van der Waals surface area contributed by atoms with E-state index in [1.807, 2.05) is 4.68 Å². The van der Waals surface area contributed by atoms with Crippen molar-refractivity contribution in [2.24, 2.45) is 23.7 Å². The number of hydroxylamine groups is 2. The van der Waals surface area contributed by atoms with Crippen LogP contribution in [0.5, 0.6) is 0 Å². The third-order valence-electron chi connectivity index (χ3n) is 7.99. The first-order valence-electron chi connectivity index (χ1n) is 13.7. The molecule has 1 aromatic heterocycles. The normalized spacial score (nSPS) is 33.4. The molecule has 8 atom stereocenters. The maximum absolute atomic E-state index is 12.1. The van der Waals surface area contributed by atoms with E-state index in [1.165, 1.54) is 18.5 Å². The molecule has 1 aliphatic heterocycles. The number of aromatic nitrogens is 3. The Morgan fingerprint density at radius 2 is 1.82 bits per heavy atom. The maximum Gasteiger partial charge on any atom is 0.330 e. The number of fused-ring (bicyclic) bond motifs is 2. The monoisotopic (exact) mass is 556 g/mol. The first-order chi connectivity index (χ1) is 18.0. The molecule has 0 bridgehead atoms. The number of nitrogens with zero attached hydrogens (tertiary/aromatic N) is 4. The van der Waals surface area contributed by atoms with Crippen molar-refractivity contribution in [3.8, 4) is 0 Å². The molecule has 2 aliphatic carbocycles. The van der Waals surface area contributed by atoms with E-state index in [2.05, 4.69) is 24.2 Å². The fraction of sp³-hybridized carbons (Fsp3) is 0.917. The van der Waals surface area contributed by atoms with Gasteiger partial charge in [-0.2, -0.15) is 0 Å². The smallest absolute Gasteiger partial charge is 0.330 e. The number of aryl methyl sites for hydroxylation is 1. The standard InChI is InChI=1S/C24H42BN4O8P/c1-14(2)21-16-5-7-18-19(8-6-17(16)21)28(27-26-18)9-10-34-11-12-35-29-23(30)20(37-22(25)24(29)31)13-36-38(32,33)15(3)4/h14-17,20-24,30-31H,5-13H2,1-4H3,(H,32,33). The van der Waals surface area contributed by atoms with Gasteiger partial charge in [0, 0.05) is 0 Å². The van der Waals surface area contributed by atoms with Crippen LogP contribution in [0.25, 0.3) is 0 Å². The van der Waals surface area contributed by atoms with Gasteiger partial charge in [-0.15, -0.1) is 10.2 Å². The molecule has 2 fully saturated rings. The minimum Gasteiger partial charge on any atom is -0.377 e. The van der Waals surface area contributed by atoms with E-state index < -0.39 is 44.4 Å². The molecule has 14 heteroatoms. The Hall–Kier alpha value is -0.885. The minimum atomic E-state index is -3.87. The number of aliphatic hydroxyl groups excluding tert-OH is 2. The molecule has 0 amide bonds. The highest BCUT2D eigenvalue weighted by atomic mass is 31.2. The number of hydrogen-bond donors (Lipinski definition) is 3. The van der Waals surface area contributed by atoms with Crippen LogP contribution in [0, 0.1) is 23.7 Å². The van der Waals surface area contributed by atoms with E-state index in [0.717, 1.165) is 47.3 Å². The third-order valence-corrected chi connectivity index (χ3v) is 9.81. The number of morpholine rings is 1. The zero-order chi connectivity index (χ0) is 27.6. The zero-order valence-corrected chi connectivity index (χ0v) is 23.7. The van der Waals surface area contributed by atoms with Crippen molar-refractivity contribution in [1.29, 1.82) is 0 Å². The summed E-state index contributed by atoms with van der Waals surface area (Å²) in [5, 5.41) is 30.5. The number of hydrogen-bond acceptors (Lipinski definition) is 10. The quantitative estimate of drug-likeness (QED) is 0.193. The van der Waals surface area contributed by atoms with Crippen LogP contribution in [0.1, 0.15) is 51.9 Å². The highest BCUT2D eigenvalue weighted by Crippen LogP contribution is 2.56. The van der Waals surface area contributed by atoms with Gasteiger partial charge < -0.3 is 29.1 Å². The van der Waals surface area contributed by atoms with Gasteiger partial charge in [0.2, 0.25) is 0 Å². The van der Waals surface area contributed by atoms with Gasteiger partial charge in [-0.25, -0.2) is 4.68 Å². The molecule has 214 valence electrons. The zero-order valence-electron chi connectivity index (χ0n) is 22.8. The Balaban J connectivity index is 1.19. The summed E-state index contributed by atoms with van der Waals surface area (Å²) in [6, 6.07) is -1.21. The summed E-state index contributed by atoms with van der Waals surface area (Å²) in [4.78, 5) is 15.4. The van der Waals surface area contributed by atoms with Gasteiger partial charge in [-0.05, 0) is 49.4 Å². The molecule has 2 radical (unpaired) electrons. The largest absolute Gasteiger partial charge is 0.377 e. The van der Waals surface area contributed by atoms with Crippen LogP contribution < -0.4 is 0 Å². The summed E-state index contributed by atoms with van der Waals surface area (Å²) in [5.41, 5.74) is 1.70. The van der Waals surface area contributed by atoms with Crippen LogP contribution in [0.2, 0.25) is 0 Å². The summed E-state index contributed by atoms with van der Waals surface area (Å²) in [5.74, 6) is 3.26. The van der Waals surface area contributed by atoms with E-state index >= 15 is 0 Å². The molecule has 12 nitrogen and oxygen atoms in total. The van der Waals surface area contributed by atoms with Gasteiger partial charge in [0.1, 0.15) is 20.2 Å². The van der Waals surface area contributed by atoms with Crippen molar-refractivity contribution in [1.82, 2.24) is 20.1 Å². The SMILES string of the molecule is [B]C1OC(COP(=O)(O)C(C)C)C(O)N(OCCOCCn2nnc3c2CCC2C(CC3)C2C(C)C)C1O. The Bertz CT molecular complexity index is 968. The topological polar surface area (TPSA) is 149 Å². The second kappa shape index (κ2) is 12.7. The van der Waals surface area contributed by atoms with Crippen LogP contribution in [-0.4, -0.2) is 99.7 Å². The minimum absolute atomic E-state index is 0.0357. The second-order valence-corrected chi connectivity index (χ2v) is 13.6. The average molecular weight is 556 g/mol. The van der Waals surface area contributed by atoms with Gasteiger partial charge >= 0.3 is 7.60 Å². The number of ether oxygens (including phenoxy) is 2. The Labute approximate surface area is 225 Å². The fourth-order valence-corrected chi connectivity index (χ4v) is 6.43. The fourth-order valence-electron chi connectivity index (χ4n) is 5.77. The van der Waals surface area contributed by atoms with Gasteiger partial charge in [-0.1, -0.05) is 32.9 Å². The Morgan fingerprint density at radius 1 is 1.11 bits per heavy atom. The van der Waals surface area contributed by atoms with Crippen molar-refractivity contribution >= 4 is 15.4 Å². The van der Waals surface area contributed by atoms with Crippen LogP contribution in [0.4, 0.5) is 0 Å². The van der Waals surface area contributed by atoms with E-state index in [1.54, 1.807) is 13.8 Å². The predicted molar refractivity (Wildman–Crippen MR) is 138 cm³/mol. The number of rotatable bonds is 12. The highest BCUT2D eigenvalue weighted by Gasteiger charge is 2.51. The first-order valence-corrected chi connectivity index (χ1v) is 15.3. The van der Waals surface area contributed by atoms with Crippen LogP contribution in [-0.2, 0) is 42.8 Å². The average Bonchev–Trinajstić information content (AvgIpc) is 3.41. The Morgan fingerprint density at radius 3 is 2.50 bits per heavy atom. The first kappa shape index (κ1) is 30.1. The maximum atomic E-state index is 12.1. The summed E-state index contributed by atoms with van der Waals surface area (Å²) in [7, 11) is 1.92. The van der Waals surface area contributed by atoms with Crippen LogP contribution >= 0.6 is 7.60 Å². The molecule has 1 saturated heterocycles. The van der Waals surface area contributed by atoms with Gasteiger partial charge in [-0.3, -0.25) is 9.40 Å². The molecule has 3 N–H and O–H groups in total. The molecular weight excluding hydrogens is 514 g/mol. The molecular formula is C24H42BN4O8P. The van der Waals surface area contributed by atoms with Gasteiger partial charge in [0.15, 0.2) is 6.23 Å². The molecule has 2 heterocycles. The molecule has 0 aromatic carbocycles. The van der Waals surface area contributed by atoms with Crippen molar-refractivity contribution in [3.05, 3.63) is 11.4 Å². The van der Waals surface area contributed by atoms with Crippen molar-refractivity contribution < 1.29 is 38.5 Å². The third kappa shape index (κ3) is 6.87. The van der Waals surface area contributed by atoms with E-state index in [0.29, 0.717) is 13.2 Å². The van der Waals surface area contributed by atoms with Gasteiger partial charge in [0.05, 0.1) is 56.0 Å². The summed E-state index contributed by atoms with van der Waals surface area (Å²) in [6.45, 7) is 8.58. The molecule has 0 spiro atoms. The molecule has 8 unspecified atom stereocenters. The molecule has 38 heavy (non-hydrogen) atoms. The summed E-state index contributed by atoms with van der Waals surface area (Å²) >= 11 is 0. The lowest BCUT2D eigenvalue weighted by Gasteiger charge is -2.43. The highest BCUT2D eigenvalue weighted by molar-refractivity contribution is 7.53. The van der Waals surface area contributed by atoms with Crippen molar-refractivity contribution in [2.75, 3.05) is 26.4 Å². The van der Waals surface area contributed by atoms with Crippen LogP contribution in [0.15, 0.2) is 0 Å². The van der Waals surface area contributed by atoms with Gasteiger partial charge in [0.25, 0.3) is 0 Å². The van der Waals surface area contributed by atoms with Crippen molar-refractivity contribution in [3.63, 3.8) is 0 Å². The lowest BCUT2D eigenvalue weighted by molar-refractivity contribution is -0.368. The van der Waals surface area contributed by atoms with Crippen molar-refractivity contribution in [2.45, 2.75) is 90.1 Å². The Kier molecular flexibility index (Phi) is 10.1. The predicted octanol–water partition coefficient (Wildman–Crippen LogP) is 1.07.